The second kappa shape index (κ2) is 21.1. The van der Waals surface area contributed by atoms with Crippen molar-refractivity contribution in [2.45, 2.75) is 103 Å². The van der Waals surface area contributed by atoms with Crippen LogP contribution in [0, 0.1) is 0 Å². The molecule has 5 nitrogen and oxygen atoms in total. The molecule has 0 aromatic carbocycles. The van der Waals surface area contributed by atoms with E-state index in [2.05, 4.69) is 6.92 Å². The van der Waals surface area contributed by atoms with Gasteiger partial charge in [0, 0.05) is 14.2 Å². The molecule has 0 amide bonds. The van der Waals surface area contributed by atoms with Crippen molar-refractivity contribution in [3.8, 4) is 0 Å². The maximum Gasteiger partial charge on any atom is 0.146 e. The molecular weight excluding hydrogens is 332 g/mol. The molecule has 0 saturated heterocycles. The van der Waals surface area contributed by atoms with Crippen LogP contribution in [0.1, 0.15) is 90.4 Å². The van der Waals surface area contributed by atoms with Crippen LogP contribution >= 0.6 is 0 Å². The monoisotopic (exact) mass is 376 g/mol. The molecule has 0 unspecified atom stereocenters. The SMILES string of the molecule is CCCCCCCCCCCCCC[C@H](OCOC)[C@@H](CO)OCOC. The summed E-state index contributed by atoms with van der Waals surface area (Å²) in [6.07, 6.45) is 16.3. The van der Waals surface area contributed by atoms with Crippen LogP contribution in [0.15, 0.2) is 0 Å². The van der Waals surface area contributed by atoms with Gasteiger partial charge in [0.15, 0.2) is 0 Å². The largest absolute Gasteiger partial charge is 0.394 e. The van der Waals surface area contributed by atoms with Crippen molar-refractivity contribution >= 4 is 0 Å². The number of hydrogen-bond acceptors (Lipinski definition) is 5. The average Bonchev–Trinajstić information content (AvgIpc) is 2.66. The predicted octanol–water partition coefficient (Wildman–Crippen LogP) is 5.05. The summed E-state index contributed by atoms with van der Waals surface area (Å²) < 4.78 is 21.1. The fraction of sp³-hybridized carbons (Fsp3) is 1.00. The molecule has 158 valence electrons. The summed E-state index contributed by atoms with van der Waals surface area (Å²) in [6.45, 7) is 2.57. The van der Waals surface area contributed by atoms with Crippen LogP contribution in [0.2, 0.25) is 0 Å². The van der Waals surface area contributed by atoms with Crippen LogP contribution in [0.3, 0.4) is 0 Å². The van der Waals surface area contributed by atoms with Crippen LogP contribution in [-0.4, -0.2) is 51.7 Å². The Morgan fingerprint density at radius 3 is 1.46 bits per heavy atom. The fourth-order valence-corrected chi connectivity index (χ4v) is 3.15. The lowest BCUT2D eigenvalue weighted by molar-refractivity contribution is -0.169. The number of aliphatic hydroxyl groups is 1. The van der Waals surface area contributed by atoms with Crippen LogP contribution in [0.25, 0.3) is 0 Å². The highest BCUT2D eigenvalue weighted by Gasteiger charge is 2.22. The van der Waals surface area contributed by atoms with E-state index in [1.54, 1.807) is 14.2 Å². The van der Waals surface area contributed by atoms with Crippen LogP contribution in [0.5, 0.6) is 0 Å². The number of rotatable bonds is 21. The Kier molecular flexibility index (Phi) is 20.9. The number of ether oxygens (including phenoxy) is 4. The van der Waals surface area contributed by atoms with Crippen molar-refractivity contribution in [2.75, 3.05) is 34.4 Å². The first kappa shape index (κ1) is 25.8. The highest BCUT2D eigenvalue weighted by molar-refractivity contribution is 4.70. The first-order valence-corrected chi connectivity index (χ1v) is 10.6. The van der Waals surface area contributed by atoms with Crippen LogP contribution in [0.4, 0.5) is 0 Å². The van der Waals surface area contributed by atoms with E-state index in [0.717, 1.165) is 12.8 Å². The van der Waals surface area contributed by atoms with Gasteiger partial charge in [0.05, 0.1) is 12.7 Å². The number of methoxy groups -OCH3 is 2. The molecule has 0 fully saturated rings. The van der Waals surface area contributed by atoms with Gasteiger partial charge in [-0.2, -0.15) is 0 Å². The van der Waals surface area contributed by atoms with Gasteiger partial charge >= 0.3 is 0 Å². The molecule has 26 heavy (non-hydrogen) atoms. The van der Waals surface area contributed by atoms with E-state index < -0.39 is 0 Å². The number of hydrogen-bond donors (Lipinski definition) is 1. The third-order valence-electron chi connectivity index (χ3n) is 4.74. The zero-order valence-electron chi connectivity index (χ0n) is 17.5. The molecule has 0 saturated carbocycles. The fourth-order valence-electron chi connectivity index (χ4n) is 3.15. The van der Waals surface area contributed by atoms with Gasteiger partial charge in [-0.05, 0) is 6.42 Å². The highest BCUT2D eigenvalue weighted by Crippen LogP contribution is 2.16. The van der Waals surface area contributed by atoms with Crippen molar-refractivity contribution in [1.82, 2.24) is 0 Å². The third-order valence-corrected chi connectivity index (χ3v) is 4.74. The molecule has 0 aromatic rings. The molecule has 0 radical (unpaired) electrons. The summed E-state index contributed by atoms with van der Waals surface area (Å²) >= 11 is 0. The van der Waals surface area contributed by atoms with E-state index >= 15 is 0 Å². The van der Waals surface area contributed by atoms with E-state index in [1.807, 2.05) is 0 Å². The second-order valence-electron chi connectivity index (χ2n) is 7.08. The number of aliphatic hydroxyl groups excluding tert-OH is 1. The standard InChI is InChI=1S/C21H44O5/c1-4-5-6-7-8-9-10-11-12-13-14-15-16-20(25-18-23-2)21(17-22)26-19-24-3/h20-22H,4-19H2,1-3H3/t20-,21+/m0/s1. The summed E-state index contributed by atoms with van der Waals surface area (Å²) in [4.78, 5) is 0. The van der Waals surface area contributed by atoms with Crippen molar-refractivity contribution < 1.29 is 24.1 Å². The normalized spacial score (nSPS) is 13.8. The molecule has 0 aromatic heterocycles. The minimum atomic E-state index is -0.363. The van der Waals surface area contributed by atoms with Gasteiger partial charge in [0.1, 0.15) is 19.7 Å². The quantitative estimate of drug-likeness (QED) is 0.224. The van der Waals surface area contributed by atoms with Gasteiger partial charge in [-0.25, -0.2) is 0 Å². The molecule has 0 aliphatic rings. The van der Waals surface area contributed by atoms with Crippen molar-refractivity contribution in [1.29, 1.82) is 0 Å². The molecular formula is C21H44O5. The van der Waals surface area contributed by atoms with Gasteiger partial charge in [-0.3, -0.25) is 0 Å². The first-order valence-electron chi connectivity index (χ1n) is 10.6. The summed E-state index contributed by atoms with van der Waals surface area (Å²) in [5.74, 6) is 0. The summed E-state index contributed by atoms with van der Waals surface area (Å²) in [5.41, 5.74) is 0. The van der Waals surface area contributed by atoms with E-state index in [-0.39, 0.29) is 32.4 Å². The lowest BCUT2D eigenvalue weighted by Gasteiger charge is -2.25. The Labute approximate surface area is 161 Å². The maximum absolute atomic E-state index is 9.51. The lowest BCUT2D eigenvalue weighted by atomic mass is 10.0. The molecule has 0 aliphatic carbocycles. The molecule has 0 rings (SSSR count). The van der Waals surface area contributed by atoms with Gasteiger partial charge in [0.25, 0.3) is 0 Å². The van der Waals surface area contributed by atoms with E-state index in [9.17, 15) is 5.11 Å². The smallest absolute Gasteiger partial charge is 0.146 e. The maximum atomic E-state index is 9.51. The second-order valence-corrected chi connectivity index (χ2v) is 7.08. The Morgan fingerprint density at radius 1 is 0.615 bits per heavy atom. The molecule has 1 N–H and O–H groups in total. The van der Waals surface area contributed by atoms with Crippen molar-refractivity contribution in [3.05, 3.63) is 0 Å². The van der Waals surface area contributed by atoms with Crippen LogP contribution < -0.4 is 0 Å². The Morgan fingerprint density at radius 2 is 1.04 bits per heavy atom. The van der Waals surface area contributed by atoms with E-state index in [1.165, 1.54) is 70.6 Å². The van der Waals surface area contributed by atoms with Crippen LogP contribution in [-0.2, 0) is 18.9 Å². The molecule has 5 heteroatoms. The Hall–Kier alpha value is -0.200. The Balaban J connectivity index is 3.68. The summed E-state index contributed by atoms with van der Waals surface area (Å²) in [6, 6.07) is 0. The zero-order valence-corrected chi connectivity index (χ0v) is 17.5. The first-order chi connectivity index (χ1) is 12.8. The topological polar surface area (TPSA) is 57.2 Å². The predicted molar refractivity (Wildman–Crippen MR) is 106 cm³/mol. The summed E-state index contributed by atoms with van der Waals surface area (Å²) in [5, 5.41) is 9.51. The third kappa shape index (κ3) is 16.0. The van der Waals surface area contributed by atoms with Gasteiger partial charge in [0.2, 0.25) is 0 Å². The van der Waals surface area contributed by atoms with E-state index in [0.29, 0.717) is 0 Å². The Bertz CT molecular complexity index is 263. The summed E-state index contributed by atoms with van der Waals surface area (Å²) in [7, 11) is 3.18. The van der Waals surface area contributed by atoms with Crippen molar-refractivity contribution in [2.24, 2.45) is 0 Å². The van der Waals surface area contributed by atoms with Gasteiger partial charge in [-0.15, -0.1) is 0 Å². The molecule has 0 bridgehead atoms. The minimum absolute atomic E-state index is 0.0734. The average molecular weight is 377 g/mol. The van der Waals surface area contributed by atoms with E-state index in [4.69, 9.17) is 18.9 Å². The number of unbranched alkanes of at least 4 members (excludes halogenated alkanes) is 11. The lowest BCUT2D eigenvalue weighted by Crippen LogP contribution is -2.36. The molecule has 0 spiro atoms. The molecule has 0 aliphatic heterocycles. The molecule has 2 atom stereocenters. The van der Waals surface area contributed by atoms with Gasteiger partial charge < -0.3 is 24.1 Å². The zero-order chi connectivity index (χ0) is 19.3. The molecule has 0 heterocycles. The highest BCUT2D eigenvalue weighted by atomic mass is 16.7. The minimum Gasteiger partial charge on any atom is -0.394 e. The van der Waals surface area contributed by atoms with Crippen molar-refractivity contribution in [3.63, 3.8) is 0 Å². The van der Waals surface area contributed by atoms with Gasteiger partial charge in [-0.1, -0.05) is 84.0 Å².